The maximum atomic E-state index is 12.7. The van der Waals surface area contributed by atoms with Gasteiger partial charge >= 0.3 is 5.69 Å². The van der Waals surface area contributed by atoms with Gasteiger partial charge in [-0.15, -0.1) is 0 Å². The Hall–Kier alpha value is -2.94. The Bertz CT molecular complexity index is 988. The lowest BCUT2D eigenvalue weighted by Gasteiger charge is -2.31. The Morgan fingerprint density at radius 3 is 3.12 bits per heavy atom. The highest BCUT2D eigenvalue weighted by Gasteiger charge is 2.30. The number of aromatic amines is 2. The molecule has 0 radical (unpaired) electrons. The van der Waals surface area contributed by atoms with Crippen molar-refractivity contribution in [3.63, 3.8) is 0 Å². The first-order valence-electron chi connectivity index (χ1n) is 8.67. The Balaban J connectivity index is 1.54. The van der Waals surface area contributed by atoms with E-state index in [0.29, 0.717) is 23.3 Å². The Labute approximate surface area is 148 Å². The molecular weight excluding hydrogens is 336 g/mol. The molecule has 1 aliphatic heterocycles. The molecule has 3 aromatic heterocycles. The maximum Gasteiger partial charge on any atom is 0.325 e. The van der Waals surface area contributed by atoms with E-state index >= 15 is 0 Å². The van der Waals surface area contributed by atoms with E-state index in [4.69, 9.17) is 4.74 Å². The second-order valence-electron chi connectivity index (χ2n) is 6.34. The van der Waals surface area contributed by atoms with Crippen LogP contribution in [0.25, 0.3) is 11.2 Å². The minimum absolute atomic E-state index is 0.147. The highest BCUT2D eigenvalue weighted by atomic mass is 16.5. The predicted molar refractivity (Wildman–Crippen MR) is 93.8 cm³/mol. The van der Waals surface area contributed by atoms with Crippen LogP contribution in [0.15, 0.2) is 29.5 Å². The summed E-state index contributed by atoms with van der Waals surface area (Å²) in [6.07, 6.45) is 6.67. The Morgan fingerprint density at radius 2 is 2.31 bits per heavy atom. The lowest BCUT2D eigenvalue weighted by Crippen LogP contribution is -2.42. The molecule has 9 nitrogen and oxygen atoms in total. The van der Waals surface area contributed by atoms with Crippen LogP contribution in [-0.4, -0.2) is 43.3 Å². The second-order valence-corrected chi connectivity index (χ2v) is 6.34. The van der Waals surface area contributed by atoms with Gasteiger partial charge in [-0.25, -0.2) is 9.78 Å². The summed E-state index contributed by atoms with van der Waals surface area (Å²) in [6, 6.07) is 1.47. The predicted octanol–water partition coefficient (Wildman–Crippen LogP) is 1.12. The molecule has 4 rings (SSSR count). The molecule has 0 aliphatic carbocycles. The molecular formula is C17H20N6O3. The SMILES string of the molecule is CCn1cc([C@H]2OCCC[C@@H]2NC(=O)c2cnc3[nH]c(=O)[nH]c3c2)cn1. The molecule has 1 amide bonds. The van der Waals surface area contributed by atoms with Crippen LogP contribution in [0.5, 0.6) is 0 Å². The number of carbonyl (C=O) groups is 1. The van der Waals surface area contributed by atoms with Crippen molar-refractivity contribution in [3.8, 4) is 0 Å². The molecule has 0 bridgehead atoms. The van der Waals surface area contributed by atoms with Crippen LogP contribution in [0.2, 0.25) is 0 Å². The molecule has 1 aliphatic rings. The molecule has 0 unspecified atom stereocenters. The van der Waals surface area contributed by atoms with Gasteiger partial charge in [-0.05, 0) is 25.8 Å². The molecule has 3 N–H and O–H groups in total. The van der Waals surface area contributed by atoms with Gasteiger partial charge in [0, 0.05) is 31.1 Å². The Kier molecular flexibility index (Phi) is 4.29. The standard InChI is InChI=1S/C17H20N6O3/c1-2-23-9-11(8-19-23)14-12(4-3-5-26-14)20-16(24)10-6-13-15(18-7-10)22-17(25)21-13/h6-9,12,14H,2-5H2,1H3,(H,20,24)(H2,18,21,22,25)/t12-,14+/m0/s1. The normalized spacial score (nSPS) is 20.3. The molecule has 2 atom stereocenters. The van der Waals surface area contributed by atoms with Crippen LogP contribution in [0.1, 0.15) is 41.8 Å². The van der Waals surface area contributed by atoms with Crippen molar-refractivity contribution in [1.82, 2.24) is 30.0 Å². The number of aromatic nitrogens is 5. The van der Waals surface area contributed by atoms with Crippen molar-refractivity contribution in [3.05, 3.63) is 46.3 Å². The van der Waals surface area contributed by atoms with Crippen molar-refractivity contribution in [2.75, 3.05) is 6.61 Å². The van der Waals surface area contributed by atoms with Crippen molar-refractivity contribution >= 4 is 17.1 Å². The van der Waals surface area contributed by atoms with E-state index in [2.05, 4.69) is 25.4 Å². The molecule has 4 heterocycles. The van der Waals surface area contributed by atoms with Crippen LogP contribution >= 0.6 is 0 Å². The first kappa shape index (κ1) is 16.5. The van der Waals surface area contributed by atoms with Crippen molar-refractivity contribution in [2.24, 2.45) is 0 Å². The molecule has 0 saturated carbocycles. The van der Waals surface area contributed by atoms with Gasteiger partial charge in [-0.1, -0.05) is 0 Å². The number of H-pyrrole nitrogens is 2. The van der Waals surface area contributed by atoms with E-state index in [0.717, 1.165) is 24.9 Å². The number of aryl methyl sites for hydroxylation is 1. The zero-order valence-electron chi connectivity index (χ0n) is 14.4. The summed E-state index contributed by atoms with van der Waals surface area (Å²) in [5, 5.41) is 7.33. The van der Waals surface area contributed by atoms with Crippen molar-refractivity contribution in [1.29, 1.82) is 0 Å². The fourth-order valence-electron chi connectivity index (χ4n) is 3.25. The average Bonchev–Trinajstić information content (AvgIpc) is 3.26. The summed E-state index contributed by atoms with van der Waals surface area (Å²) < 4.78 is 7.75. The molecule has 26 heavy (non-hydrogen) atoms. The molecule has 0 spiro atoms. The smallest absolute Gasteiger partial charge is 0.325 e. The molecule has 9 heteroatoms. The van der Waals surface area contributed by atoms with Gasteiger partial charge in [0.15, 0.2) is 5.65 Å². The summed E-state index contributed by atoms with van der Waals surface area (Å²) in [4.78, 5) is 33.3. The van der Waals surface area contributed by atoms with Crippen molar-refractivity contribution in [2.45, 2.75) is 38.5 Å². The van der Waals surface area contributed by atoms with Crippen LogP contribution in [0.3, 0.4) is 0 Å². The monoisotopic (exact) mass is 356 g/mol. The minimum Gasteiger partial charge on any atom is -0.371 e. The third-order valence-electron chi connectivity index (χ3n) is 4.57. The number of carbonyl (C=O) groups excluding carboxylic acids is 1. The molecule has 0 aromatic carbocycles. The number of nitrogens with zero attached hydrogens (tertiary/aromatic N) is 3. The topological polar surface area (TPSA) is 118 Å². The molecule has 1 saturated heterocycles. The van der Waals surface area contributed by atoms with Gasteiger partial charge in [0.05, 0.1) is 23.3 Å². The molecule has 1 fully saturated rings. The summed E-state index contributed by atoms with van der Waals surface area (Å²) >= 11 is 0. The van der Waals surface area contributed by atoms with Crippen LogP contribution in [0.4, 0.5) is 0 Å². The number of amides is 1. The average molecular weight is 356 g/mol. The fraction of sp³-hybridized carbons (Fsp3) is 0.412. The third kappa shape index (κ3) is 3.13. The minimum atomic E-state index is -0.348. The second kappa shape index (κ2) is 6.75. The largest absolute Gasteiger partial charge is 0.371 e. The maximum absolute atomic E-state index is 12.7. The van der Waals surface area contributed by atoms with E-state index in [1.54, 1.807) is 12.3 Å². The number of imidazole rings is 1. The Morgan fingerprint density at radius 1 is 1.42 bits per heavy atom. The van der Waals surface area contributed by atoms with Gasteiger partial charge in [0.2, 0.25) is 0 Å². The zero-order chi connectivity index (χ0) is 18.1. The van der Waals surface area contributed by atoms with E-state index < -0.39 is 0 Å². The van der Waals surface area contributed by atoms with Gasteiger partial charge in [-0.2, -0.15) is 5.10 Å². The zero-order valence-corrected chi connectivity index (χ0v) is 14.4. The van der Waals surface area contributed by atoms with Crippen molar-refractivity contribution < 1.29 is 9.53 Å². The number of hydrogen-bond donors (Lipinski definition) is 3. The quantitative estimate of drug-likeness (QED) is 0.647. The van der Waals surface area contributed by atoms with E-state index in [1.165, 1.54) is 6.20 Å². The van der Waals surface area contributed by atoms with Gasteiger partial charge in [0.25, 0.3) is 5.91 Å². The fourth-order valence-corrected chi connectivity index (χ4v) is 3.25. The van der Waals surface area contributed by atoms with Crippen LogP contribution in [-0.2, 0) is 11.3 Å². The first-order valence-corrected chi connectivity index (χ1v) is 8.67. The summed E-state index contributed by atoms with van der Waals surface area (Å²) in [7, 11) is 0. The number of rotatable bonds is 4. The summed E-state index contributed by atoms with van der Waals surface area (Å²) in [5.41, 5.74) is 1.93. The first-order chi connectivity index (χ1) is 12.6. The number of ether oxygens (including phenoxy) is 1. The van der Waals surface area contributed by atoms with Gasteiger partial charge in [0.1, 0.15) is 6.10 Å². The molecule has 3 aromatic rings. The van der Waals surface area contributed by atoms with E-state index in [9.17, 15) is 9.59 Å². The van der Waals surface area contributed by atoms with Gasteiger partial charge < -0.3 is 15.0 Å². The van der Waals surface area contributed by atoms with Crippen LogP contribution in [0, 0.1) is 0 Å². The summed E-state index contributed by atoms with van der Waals surface area (Å²) in [5.74, 6) is -0.246. The molecule has 136 valence electrons. The number of fused-ring (bicyclic) bond motifs is 1. The van der Waals surface area contributed by atoms with E-state index in [1.807, 2.05) is 17.8 Å². The van der Waals surface area contributed by atoms with Gasteiger partial charge in [-0.3, -0.25) is 14.5 Å². The highest BCUT2D eigenvalue weighted by molar-refractivity contribution is 5.96. The number of hydrogen-bond acceptors (Lipinski definition) is 5. The summed E-state index contributed by atoms with van der Waals surface area (Å²) in [6.45, 7) is 3.46. The lowest BCUT2D eigenvalue weighted by molar-refractivity contribution is -0.00951. The van der Waals surface area contributed by atoms with E-state index in [-0.39, 0.29) is 23.7 Å². The number of pyridine rings is 1. The van der Waals surface area contributed by atoms with Crippen LogP contribution < -0.4 is 11.0 Å². The third-order valence-corrected chi connectivity index (χ3v) is 4.57. The number of nitrogens with one attached hydrogen (secondary N) is 3. The lowest BCUT2D eigenvalue weighted by atomic mass is 9.98. The highest BCUT2D eigenvalue weighted by Crippen LogP contribution is 2.28.